The number of anilines is 1. The molecule has 0 aliphatic carbocycles. The van der Waals surface area contributed by atoms with E-state index in [0.717, 1.165) is 12.1 Å². The molecule has 0 amide bonds. The number of hydrogen-bond donors (Lipinski definition) is 1. The molecule has 0 saturated heterocycles. The first-order chi connectivity index (χ1) is 9.87. The summed E-state index contributed by atoms with van der Waals surface area (Å²) in [6, 6.07) is 9.84. The minimum Gasteiger partial charge on any atom is -0.493 e. The van der Waals surface area contributed by atoms with Crippen molar-refractivity contribution in [1.82, 2.24) is 0 Å². The Morgan fingerprint density at radius 2 is 1.52 bits per heavy atom. The van der Waals surface area contributed by atoms with Crippen LogP contribution in [0.25, 0.3) is 0 Å². The molecule has 2 N–H and O–H groups in total. The van der Waals surface area contributed by atoms with Crippen LogP contribution in [0.1, 0.15) is 0 Å². The number of nitrogen functional groups attached to an aromatic ring is 1. The number of methoxy groups -OCH3 is 1. The van der Waals surface area contributed by atoms with Crippen molar-refractivity contribution in [1.29, 1.82) is 0 Å². The van der Waals surface area contributed by atoms with Gasteiger partial charge in [0, 0.05) is 11.8 Å². The van der Waals surface area contributed by atoms with Crippen LogP contribution in [0.2, 0.25) is 0 Å². The van der Waals surface area contributed by atoms with Crippen molar-refractivity contribution >= 4 is 5.69 Å². The first kappa shape index (κ1) is 14.8. The number of halogens is 3. The van der Waals surface area contributed by atoms with E-state index in [1.165, 1.54) is 19.2 Å². The maximum absolute atomic E-state index is 12.0. The zero-order valence-electron chi connectivity index (χ0n) is 11.0. The lowest BCUT2D eigenvalue weighted by molar-refractivity contribution is -0.274. The monoisotopic (exact) mass is 299 g/mol. The summed E-state index contributed by atoms with van der Waals surface area (Å²) in [5, 5.41) is 0. The number of alkyl halides is 3. The van der Waals surface area contributed by atoms with Crippen LogP contribution in [0.3, 0.4) is 0 Å². The van der Waals surface area contributed by atoms with E-state index >= 15 is 0 Å². The third kappa shape index (κ3) is 4.20. The van der Waals surface area contributed by atoms with Gasteiger partial charge in [0.2, 0.25) is 0 Å². The summed E-state index contributed by atoms with van der Waals surface area (Å²) in [5.74, 6) is 0.841. The lowest BCUT2D eigenvalue weighted by Gasteiger charge is -2.12. The fraction of sp³-hybridized carbons (Fsp3) is 0.143. The quantitative estimate of drug-likeness (QED) is 0.868. The smallest absolute Gasteiger partial charge is 0.493 e. The first-order valence-electron chi connectivity index (χ1n) is 5.84. The van der Waals surface area contributed by atoms with Crippen molar-refractivity contribution in [2.75, 3.05) is 12.8 Å². The number of hydrogen-bond acceptors (Lipinski definition) is 4. The molecule has 0 bridgehead atoms. The molecule has 0 fully saturated rings. The Kier molecular flexibility index (Phi) is 4.11. The van der Waals surface area contributed by atoms with Crippen LogP contribution in [0, 0.1) is 0 Å². The molecule has 4 nitrogen and oxygen atoms in total. The highest BCUT2D eigenvalue weighted by atomic mass is 19.4. The summed E-state index contributed by atoms with van der Waals surface area (Å²) >= 11 is 0. The van der Waals surface area contributed by atoms with E-state index in [9.17, 15) is 13.2 Å². The molecule has 0 aliphatic rings. The van der Waals surface area contributed by atoms with Crippen molar-refractivity contribution in [3.05, 3.63) is 42.5 Å². The van der Waals surface area contributed by atoms with Gasteiger partial charge in [-0.1, -0.05) is 0 Å². The largest absolute Gasteiger partial charge is 0.573 e. The first-order valence-corrected chi connectivity index (χ1v) is 5.84. The maximum Gasteiger partial charge on any atom is 0.573 e. The van der Waals surface area contributed by atoms with Crippen molar-refractivity contribution < 1.29 is 27.4 Å². The molecular weight excluding hydrogens is 287 g/mol. The molecule has 0 saturated carbocycles. The molecule has 0 aromatic heterocycles. The average Bonchev–Trinajstić information content (AvgIpc) is 2.41. The summed E-state index contributed by atoms with van der Waals surface area (Å²) in [6.07, 6.45) is -4.72. The van der Waals surface area contributed by atoms with Crippen LogP contribution in [0.5, 0.6) is 23.0 Å². The van der Waals surface area contributed by atoms with Gasteiger partial charge < -0.3 is 19.9 Å². The van der Waals surface area contributed by atoms with Crippen LogP contribution < -0.4 is 19.9 Å². The Morgan fingerprint density at radius 1 is 0.905 bits per heavy atom. The van der Waals surface area contributed by atoms with E-state index in [1.54, 1.807) is 18.2 Å². The topological polar surface area (TPSA) is 53.7 Å². The Hall–Kier alpha value is -2.57. The molecular formula is C14H12F3NO3. The molecule has 0 atom stereocenters. The molecule has 0 unspecified atom stereocenters. The lowest BCUT2D eigenvalue weighted by atomic mass is 10.2. The molecule has 2 rings (SSSR count). The number of benzene rings is 2. The summed E-state index contributed by atoms with van der Waals surface area (Å²) in [5.41, 5.74) is 6.12. The zero-order chi connectivity index (χ0) is 15.5. The van der Waals surface area contributed by atoms with E-state index in [4.69, 9.17) is 15.2 Å². The van der Waals surface area contributed by atoms with E-state index in [-0.39, 0.29) is 5.75 Å². The van der Waals surface area contributed by atoms with E-state index < -0.39 is 6.36 Å². The van der Waals surface area contributed by atoms with Gasteiger partial charge in [-0.25, -0.2) is 0 Å². The highest BCUT2D eigenvalue weighted by Crippen LogP contribution is 2.34. The molecule has 7 heteroatoms. The second-order valence-electron chi connectivity index (χ2n) is 4.03. The molecule has 21 heavy (non-hydrogen) atoms. The minimum atomic E-state index is -4.72. The Morgan fingerprint density at radius 3 is 2.10 bits per heavy atom. The summed E-state index contributed by atoms with van der Waals surface area (Å²) in [4.78, 5) is 0. The summed E-state index contributed by atoms with van der Waals surface area (Å²) in [6.45, 7) is 0. The summed E-state index contributed by atoms with van der Waals surface area (Å²) < 4.78 is 50.5. The van der Waals surface area contributed by atoms with Crippen molar-refractivity contribution in [3.8, 4) is 23.0 Å². The van der Waals surface area contributed by atoms with E-state index in [1.807, 2.05) is 0 Å². The normalized spacial score (nSPS) is 11.0. The van der Waals surface area contributed by atoms with Gasteiger partial charge in [-0.05, 0) is 36.4 Å². The molecule has 0 aliphatic heterocycles. The fourth-order valence-corrected chi connectivity index (χ4v) is 1.60. The molecule has 0 heterocycles. The number of nitrogens with two attached hydrogens (primary N) is 1. The Labute approximate surface area is 118 Å². The molecule has 112 valence electrons. The third-order valence-corrected chi connectivity index (χ3v) is 2.47. The van der Waals surface area contributed by atoms with Crippen LogP contribution in [0.4, 0.5) is 18.9 Å². The second-order valence-corrected chi connectivity index (χ2v) is 4.03. The predicted octanol–water partition coefficient (Wildman–Crippen LogP) is 3.97. The van der Waals surface area contributed by atoms with Gasteiger partial charge in [-0.3, -0.25) is 0 Å². The Bertz CT molecular complexity index is 612. The highest BCUT2D eigenvalue weighted by molar-refractivity contribution is 5.53. The van der Waals surface area contributed by atoms with Gasteiger partial charge in [0.15, 0.2) is 11.5 Å². The fourth-order valence-electron chi connectivity index (χ4n) is 1.60. The molecule has 0 spiro atoms. The lowest BCUT2D eigenvalue weighted by Crippen LogP contribution is -2.16. The average molecular weight is 299 g/mol. The molecule has 2 aromatic rings. The summed E-state index contributed by atoms with van der Waals surface area (Å²) in [7, 11) is 1.46. The van der Waals surface area contributed by atoms with E-state index in [2.05, 4.69) is 4.74 Å². The van der Waals surface area contributed by atoms with Crippen LogP contribution in [-0.4, -0.2) is 13.5 Å². The van der Waals surface area contributed by atoms with Crippen molar-refractivity contribution in [3.63, 3.8) is 0 Å². The van der Waals surface area contributed by atoms with Crippen LogP contribution in [-0.2, 0) is 0 Å². The van der Waals surface area contributed by atoms with Gasteiger partial charge in [-0.15, -0.1) is 13.2 Å². The van der Waals surface area contributed by atoms with Crippen molar-refractivity contribution in [2.45, 2.75) is 6.36 Å². The van der Waals surface area contributed by atoms with E-state index in [0.29, 0.717) is 22.9 Å². The van der Waals surface area contributed by atoms with Gasteiger partial charge in [0.25, 0.3) is 0 Å². The van der Waals surface area contributed by atoms with Gasteiger partial charge in [0.1, 0.15) is 11.5 Å². The number of ether oxygens (including phenoxy) is 3. The Balaban J connectivity index is 2.14. The molecule has 0 radical (unpaired) electrons. The highest BCUT2D eigenvalue weighted by Gasteiger charge is 2.30. The maximum atomic E-state index is 12.0. The predicted molar refractivity (Wildman–Crippen MR) is 70.6 cm³/mol. The second kappa shape index (κ2) is 5.82. The van der Waals surface area contributed by atoms with Gasteiger partial charge >= 0.3 is 6.36 Å². The molecule has 2 aromatic carbocycles. The van der Waals surface area contributed by atoms with Crippen molar-refractivity contribution in [2.24, 2.45) is 0 Å². The minimum absolute atomic E-state index is 0.320. The van der Waals surface area contributed by atoms with Gasteiger partial charge in [0.05, 0.1) is 7.11 Å². The SMILES string of the molecule is COc1cc(N)ccc1Oc1ccc(OC(F)(F)F)cc1. The van der Waals surface area contributed by atoms with Crippen LogP contribution >= 0.6 is 0 Å². The van der Waals surface area contributed by atoms with Gasteiger partial charge in [-0.2, -0.15) is 0 Å². The standard InChI is InChI=1S/C14H12F3NO3/c1-19-13-8-9(18)2-7-12(13)20-10-3-5-11(6-4-10)21-14(15,16)17/h2-8H,18H2,1H3. The zero-order valence-corrected chi connectivity index (χ0v) is 11.0. The van der Waals surface area contributed by atoms with Crippen LogP contribution in [0.15, 0.2) is 42.5 Å². The number of rotatable bonds is 4. The third-order valence-electron chi connectivity index (χ3n) is 2.47.